The highest BCUT2D eigenvalue weighted by Crippen LogP contribution is 2.19. The molecule has 1 amide bonds. The molecule has 0 saturated carbocycles. The maximum atomic E-state index is 10.8. The number of benzene rings is 1. The van der Waals surface area contributed by atoms with Crippen LogP contribution in [0.1, 0.15) is 24.5 Å². The molecule has 0 fully saturated rings. The molecule has 5 nitrogen and oxygen atoms in total. The van der Waals surface area contributed by atoms with Gasteiger partial charge in [-0.3, -0.25) is 9.78 Å². The van der Waals surface area contributed by atoms with E-state index < -0.39 is 0 Å². The van der Waals surface area contributed by atoms with Gasteiger partial charge >= 0.3 is 0 Å². The molecule has 23 heavy (non-hydrogen) atoms. The highest BCUT2D eigenvalue weighted by Gasteiger charge is 2.03. The minimum absolute atomic E-state index is 0.0131. The summed E-state index contributed by atoms with van der Waals surface area (Å²) in [6.07, 6.45) is 4.46. The van der Waals surface area contributed by atoms with Crippen molar-refractivity contribution in [1.29, 1.82) is 0 Å². The Kier molecular flexibility index (Phi) is 7.07. The molecule has 122 valence electrons. The largest absolute Gasteiger partial charge is 0.489 e. The van der Waals surface area contributed by atoms with E-state index in [4.69, 9.17) is 4.74 Å². The first-order valence-corrected chi connectivity index (χ1v) is 7.80. The van der Waals surface area contributed by atoms with Gasteiger partial charge in [0, 0.05) is 43.5 Å². The van der Waals surface area contributed by atoms with Gasteiger partial charge in [0.1, 0.15) is 12.4 Å². The minimum Gasteiger partial charge on any atom is -0.489 e. The molecular formula is C18H23N3O2. The third kappa shape index (κ3) is 6.48. The molecule has 0 aliphatic rings. The molecule has 1 aromatic carbocycles. The third-order valence-electron chi connectivity index (χ3n) is 3.31. The molecule has 0 unspecified atom stereocenters. The highest BCUT2D eigenvalue weighted by molar-refractivity contribution is 5.72. The maximum Gasteiger partial charge on any atom is 0.216 e. The number of para-hydroxylation sites is 1. The summed E-state index contributed by atoms with van der Waals surface area (Å²) in [5.41, 5.74) is 2.17. The molecule has 2 rings (SSSR count). The first-order chi connectivity index (χ1) is 11.3. The van der Waals surface area contributed by atoms with Crippen LogP contribution in [0.5, 0.6) is 5.75 Å². The fourth-order valence-electron chi connectivity index (χ4n) is 2.14. The van der Waals surface area contributed by atoms with Gasteiger partial charge in [0.05, 0.1) is 0 Å². The second kappa shape index (κ2) is 9.58. The topological polar surface area (TPSA) is 63.2 Å². The molecule has 2 aromatic rings. The molecule has 1 aromatic heterocycles. The fraction of sp³-hybridized carbons (Fsp3) is 0.333. The summed E-state index contributed by atoms with van der Waals surface area (Å²) in [6.45, 7) is 4.32. The van der Waals surface area contributed by atoms with E-state index >= 15 is 0 Å². The number of nitrogens with one attached hydrogen (secondary N) is 2. The zero-order valence-corrected chi connectivity index (χ0v) is 13.4. The quantitative estimate of drug-likeness (QED) is 0.697. The van der Waals surface area contributed by atoms with Crippen LogP contribution in [0.2, 0.25) is 0 Å². The second-order valence-electron chi connectivity index (χ2n) is 5.27. The van der Waals surface area contributed by atoms with E-state index in [0.29, 0.717) is 13.2 Å². The summed E-state index contributed by atoms with van der Waals surface area (Å²) in [6, 6.07) is 11.9. The van der Waals surface area contributed by atoms with Gasteiger partial charge in [-0.2, -0.15) is 0 Å². The lowest BCUT2D eigenvalue weighted by molar-refractivity contribution is -0.118. The molecule has 0 atom stereocenters. The van der Waals surface area contributed by atoms with Crippen molar-refractivity contribution in [1.82, 2.24) is 15.6 Å². The number of rotatable bonds is 9. The average molecular weight is 313 g/mol. The zero-order valence-electron chi connectivity index (χ0n) is 13.4. The van der Waals surface area contributed by atoms with E-state index in [2.05, 4.69) is 21.7 Å². The molecule has 2 N–H and O–H groups in total. The van der Waals surface area contributed by atoms with Crippen LogP contribution in [0.4, 0.5) is 0 Å². The van der Waals surface area contributed by atoms with E-state index in [0.717, 1.165) is 36.4 Å². The molecular weight excluding hydrogens is 290 g/mol. The molecule has 0 aliphatic carbocycles. The van der Waals surface area contributed by atoms with Crippen molar-refractivity contribution in [2.45, 2.75) is 26.5 Å². The third-order valence-corrected chi connectivity index (χ3v) is 3.31. The van der Waals surface area contributed by atoms with Crippen LogP contribution in [0.15, 0.2) is 48.8 Å². The molecule has 5 heteroatoms. The molecule has 0 radical (unpaired) electrons. The van der Waals surface area contributed by atoms with E-state index in [1.807, 2.05) is 36.5 Å². The minimum atomic E-state index is 0.0131. The molecule has 0 spiro atoms. The summed E-state index contributed by atoms with van der Waals surface area (Å²) in [5.74, 6) is 0.893. The van der Waals surface area contributed by atoms with Gasteiger partial charge in [-0.25, -0.2) is 0 Å². The molecule has 0 saturated heterocycles. The number of carbonyl (C=O) groups is 1. The smallest absolute Gasteiger partial charge is 0.216 e. The molecule has 0 aliphatic heterocycles. The standard InChI is InChI=1S/C18H23N3O2/c1-15(22)21-11-5-10-20-13-17-7-2-3-8-18(17)23-14-16-6-4-9-19-12-16/h2-4,6-9,12,20H,5,10-11,13-14H2,1H3,(H,21,22). The lowest BCUT2D eigenvalue weighted by atomic mass is 10.2. The summed E-state index contributed by atoms with van der Waals surface area (Å²) < 4.78 is 5.90. The predicted octanol–water partition coefficient (Wildman–Crippen LogP) is 2.28. The number of nitrogens with zero attached hydrogens (tertiary/aromatic N) is 1. The molecule has 0 bridgehead atoms. The zero-order chi connectivity index (χ0) is 16.3. The Bertz CT molecular complexity index is 602. The first kappa shape index (κ1) is 17.0. The number of pyridine rings is 1. The van der Waals surface area contributed by atoms with Crippen molar-refractivity contribution < 1.29 is 9.53 Å². The van der Waals surface area contributed by atoms with Crippen LogP contribution in [0.25, 0.3) is 0 Å². The maximum absolute atomic E-state index is 10.8. The van der Waals surface area contributed by atoms with Crippen LogP contribution < -0.4 is 15.4 Å². The number of hydrogen-bond acceptors (Lipinski definition) is 4. The Labute approximate surface area is 137 Å². The van der Waals surface area contributed by atoms with Crippen LogP contribution in [0.3, 0.4) is 0 Å². The van der Waals surface area contributed by atoms with E-state index in [9.17, 15) is 4.79 Å². The van der Waals surface area contributed by atoms with Crippen LogP contribution in [-0.4, -0.2) is 24.0 Å². The number of carbonyl (C=O) groups excluding carboxylic acids is 1. The van der Waals surface area contributed by atoms with E-state index in [1.165, 1.54) is 6.92 Å². The monoisotopic (exact) mass is 313 g/mol. The number of aromatic nitrogens is 1. The van der Waals surface area contributed by atoms with Crippen LogP contribution in [-0.2, 0) is 17.9 Å². The Morgan fingerprint density at radius 3 is 2.83 bits per heavy atom. The van der Waals surface area contributed by atoms with E-state index in [1.54, 1.807) is 6.20 Å². The van der Waals surface area contributed by atoms with Gasteiger partial charge in [-0.15, -0.1) is 0 Å². The van der Waals surface area contributed by atoms with Crippen LogP contribution in [0, 0.1) is 0 Å². The van der Waals surface area contributed by atoms with Gasteiger partial charge in [0.15, 0.2) is 0 Å². The predicted molar refractivity (Wildman–Crippen MR) is 90.0 cm³/mol. The second-order valence-corrected chi connectivity index (χ2v) is 5.27. The van der Waals surface area contributed by atoms with Crippen molar-refractivity contribution in [2.75, 3.05) is 13.1 Å². The normalized spacial score (nSPS) is 10.3. The van der Waals surface area contributed by atoms with Crippen molar-refractivity contribution in [3.63, 3.8) is 0 Å². The van der Waals surface area contributed by atoms with Gasteiger partial charge < -0.3 is 15.4 Å². The Hall–Kier alpha value is -2.40. The average Bonchev–Trinajstić information content (AvgIpc) is 2.57. The lowest BCUT2D eigenvalue weighted by Crippen LogP contribution is -2.25. The Morgan fingerprint density at radius 1 is 1.17 bits per heavy atom. The van der Waals surface area contributed by atoms with Gasteiger partial charge in [-0.1, -0.05) is 24.3 Å². The van der Waals surface area contributed by atoms with Gasteiger partial charge in [0.25, 0.3) is 0 Å². The summed E-state index contributed by atoms with van der Waals surface area (Å²) in [7, 11) is 0. The first-order valence-electron chi connectivity index (χ1n) is 7.80. The summed E-state index contributed by atoms with van der Waals surface area (Å²) in [4.78, 5) is 14.9. The van der Waals surface area contributed by atoms with Crippen LogP contribution >= 0.6 is 0 Å². The lowest BCUT2D eigenvalue weighted by Gasteiger charge is -2.12. The Morgan fingerprint density at radius 2 is 2.04 bits per heavy atom. The van der Waals surface area contributed by atoms with Crippen molar-refractivity contribution in [2.24, 2.45) is 0 Å². The SMILES string of the molecule is CC(=O)NCCCNCc1ccccc1OCc1cccnc1. The summed E-state index contributed by atoms with van der Waals surface area (Å²) >= 11 is 0. The number of amides is 1. The fourth-order valence-corrected chi connectivity index (χ4v) is 2.14. The summed E-state index contributed by atoms with van der Waals surface area (Å²) in [5, 5.41) is 6.15. The van der Waals surface area contributed by atoms with Crippen molar-refractivity contribution in [3.8, 4) is 5.75 Å². The van der Waals surface area contributed by atoms with E-state index in [-0.39, 0.29) is 5.91 Å². The highest BCUT2D eigenvalue weighted by atomic mass is 16.5. The van der Waals surface area contributed by atoms with Crippen molar-refractivity contribution >= 4 is 5.91 Å². The number of ether oxygens (including phenoxy) is 1. The molecule has 1 heterocycles. The van der Waals surface area contributed by atoms with Gasteiger partial charge in [-0.05, 0) is 25.1 Å². The Balaban J connectivity index is 1.77. The van der Waals surface area contributed by atoms with Crippen molar-refractivity contribution in [3.05, 3.63) is 59.9 Å². The van der Waals surface area contributed by atoms with Gasteiger partial charge in [0.2, 0.25) is 5.91 Å². The number of hydrogen-bond donors (Lipinski definition) is 2.